The maximum atomic E-state index is 11.4. The fourth-order valence-corrected chi connectivity index (χ4v) is 13.3. The Morgan fingerprint density at radius 1 is 0.426 bits per heavy atom. The lowest BCUT2D eigenvalue weighted by atomic mass is 10.00. The number of H-pyrrole nitrogens is 1. The van der Waals surface area contributed by atoms with Gasteiger partial charge >= 0.3 is 23.9 Å². The van der Waals surface area contributed by atoms with Crippen molar-refractivity contribution in [1.29, 1.82) is 0 Å². The lowest BCUT2D eigenvalue weighted by Gasteiger charge is -2.17. The Morgan fingerprint density at radius 3 is 1.17 bits per heavy atom. The Kier molecular flexibility index (Phi) is 24.7. The normalized spacial score (nSPS) is 11.5. The van der Waals surface area contributed by atoms with E-state index in [-0.39, 0.29) is 22.3 Å². The number of aryl methyl sites for hydroxylation is 2. The molecule has 2 aromatic heterocycles. The van der Waals surface area contributed by atoms with Crippen molar-refractivity contribution >= 4 is 190 Å². The Bertz CT molecular complexity index is 5050. The summed E-state index contributed by atoms with van der Waals surface area (Å²) >= 11 is 57.2. The summed E-state index contributed by atoms with van der Waals surface area (Å²) in [5.41, 5.74) is 13.4. The Morgan fingerprint density at radius 2 is 0.802 bits per heavy atom. The summed E-state index contributed by atoms with van der Waals surface area (Å²) < 4.78 is 5.18. The number of carboxylic acid groups (broad SMARTS) is 4. The first-order valence-corrected chi connectivity index (χ1v) is 33.8. The third-order valence-electron chi connectivity index (χ3n) is 15.7. The zero-order valence-electron chi connectivity index (χ0n) is 52.9. The van der Waals surface area contributed by atoms with Gasteiger partial charge in [0.05, 0.1) is 114 Å². The molecule has 10 N–H and O–H groups in total. The van der Waals surface area contributed by atoms with Crippen LogP contribution in [0, 0.1) is 13.8 Å². The van der Waals surface area contributed by atoms with Gasteiger partial charge in [0, 0.05) is 34.2 Å². The first kappa shape index (κ1) is 74.0. The molecule has 10 aromatic carbocycles. The molecule has 1 aliphatic rings. The average molecular weight is 1530 g/mol. The van der Waals surface area contributed by atoms with E-state index in [9.17, 15) is 39.6 Å². The number of hydrogen-bond donors (Lipinski definition) is 10. The average Bonchev–Trinajstić information content (AvgIpc) is 1.79. The maximum Gasteiger partial charge on any atom is 0.337 e. The molecule has 512 valence electrons. The highest BCUT2D eigenvalue weighted by molar-refractivity contribution is 6.42. The van der Waals surface area contributed by atoms with Crippen LogP contribution in [-0.4, -0.2) is 67.5 Å². The molecule has 0 bridgehead atoms. The summed E-state index contributed by atoms with van der Waals surface area (Å²) in [7, 11) is 0. The van der Waals surface area contributed by atoms with Gasteiger partial charge in [-0.1, -0.05) is 188 Å². The molecule has 0 saturated carbocycles. The van der Waals surface area contributed by atoms with Crippen LogP contribution in [-0.2, 0) is 0 Å². The first-order valence-electron chi connectivity index (χ1n) is 30.4. The number of fused-ring (bicyclic) bond motifs is 1. The number of para-hydroxylation sites is 4. The molecule has 12 aromatic rings. The number of carboxylic acids is 4. The van der Waals surface area contributed by atoms with E-state index in [1.807, 2.05) is 80.7 Å². The van der Waals surface area contributed by atoms with Crippen molar-refractivity contribution in [2.45, 2.75) is 20.3 Å². The Balaban J connectivity index is 0.000000145. The van der Waals surface area contributed by atoms with E-state index in [0.717, 1.165) is 75.1 Å². The van der Waals surface area contributed by atoms with Crippen LogP contribution in [0.15, 0.2) is 211 Å². The van der Waals surface area contributed by atoms with Crippen LogP contribution < -0.4 is 26.6 Å². The number of aromatic carboxylic acids is 4. The lowest BCUT2D eigenvalue weighted by Crippen LogP contribution is -2.20. The predicted molar refractivity (Wildman–Crippen MR) is 411 cm³/mol. The number of carbonyl (C=O) groups is 4. The largest absolute Gasteiger partial charge is 0.478 e. The van der Waals surface area contributed by atoms with E-state index in [4.69, 9.17) is 109 Å². The van der Waals surface area contributed by atoms with E-state index in [1.165, 1.54) is 29.8 Å². The van der Waals surface area contributed by atoms with Gasteiger partial charge in [-0.25, -0.2) is 19.2 Å². The van der Waals surface area contributed by atoms with E-state index in [0.29, 0.717) is 96.5 Å². The molecule has 0 fully saturated rings. The lowest BCUT2D eigenvalue weighted by molar-refractivity contribution is 0.0687. The SMILES string of the molecule is Cc1noc(C)c1-c1cc(Cl)c(Nc2ccccc2C(=O)O)c(Cl)c1.O=C(O)c1ccccc1Nc1c(Cl)cc(-c2ccc(Cl)cc2)cc1Cl.O=C(O)c1ccccc1Nc1c(Cl)cc(-c2cccc3[nH]ccc23)cc1Cl.O=C(O)c1ccccc1Nc1c(Cl)cc(C2=CCNCC2)cc1Cl. The van der Waals surface area contributed by atoms with Crippen molar-refractivity contribution in [1.82, 2.24) is 15.5 Å². The van der Waals surface area contributed by atoms with Crippen molar-refractivity contribution < 1.29 is 44.1 Å². The summed E-state index contributed by atoms with van der Waals surface area (Å²) in [5.74, 6) is -3.44. The van der Waals surface area contributed by atoms with Crippen LogP contribution in [0.25, 0.3) is 49.9 Å². The van der Waals surface area contributed by atoms with Crippen LogP contribution >= 0.6 is 104 Å². The topological polar surface area (TPSA) is 251 Å². The van der Waals surface area contributed by atoms with Crippen molar-refractivity contribution in [2.75, 3.05) is 34.4 Å². The smallest absolute Gasteiger partial charge is 0.337 e. The summed E-state index contributed by atoms with van der Waals surface area (Å²) in [4.78, 5) is 48.6. The Hall–Kier alpha value is -9.66. The van der Waals surface area contributed by atoms with Gasteiger partial charge in [0.25, 0.3) is 0 Å². The zero-order valence-corrected chi connectivity index (χ0v) is 59.7. The number of nitrogens with zero attached hydrogens (tertiary/aromatic N) is 1. The fraction of sp³-hybridized carbons (Fsp3) is 0.0658. The summed E-state index contributed by atoms with van der Waals surface area (Å²) in [6.45, 7) is 5.40. The van der Waals surface area contributed by atoms with Crippen LogP contribution in [0.5, 0.6) is 0 Å². The number of hydrogen-bond acceptors (Lipinski definition) is 11. The summed E-state index contributed by atoms with van der Waals surface area (Å²) in [6, 6.07) is 56.0. The molecule has 0 amide bonds. The number of benzene rings is 10. The van der Waals surface area contributed by atoms with E-state index in [1.54, 1.807) is 109 Å². The van der Waals surface area contributed by atoms with E-state index in [2.05, 4.69) is 42.8 Å². The molecule has 0 aliphatic carbocycles. The zero-order chi connectivity index (χ0) is 72.2. The van der Waals surface area contributed by atoms with Crippen LogP contribution in [0.4, 0.5) is 45.5 Å². The molecule has 0 spiro atoms. The third-order valence-corrected chi connectivity index (χ3v) is 18.3. The van der Waals surface area contributed by atoms with E-state index >= 15 is 0 Å². The molecule has 3 heterocycles. The highest BCUT2D eigenvalue weighted by Crippen LogP contribution is 2.44. The molecule has 0 atom stereocenters. The van der Waals surface area contributed by atoms with Crippen molar-refractivity contribution in [3.8, 4) is 33.4 Å². The monoisotopic (exact) mass is 1530 g/mol. The number of aromatic nitrogens is 2. The number of anilines is 8. The van der Waals surface area contributed by atoms with Crippen LogP contribution in [0.1, 0.15) is 64.9 Å². The molecule has 16 nitrogen and oxygen atoms in total. The molecule has 0 unspecified atom stereocenters. The highest BCUT2D eigenvalue weighted by Gasteiger charge is 2.22. The molecule has 1 aliphatic heterocycles. The molecule has 25 heteroatoms. The molecular formula is C76H56Cl9N7O9. The van der Waals surface area contributed by atoms with Crippen molar-refractivity contribution in [3.63, 3.8) is 0 Å². The second-order valence-corrected chi connectivity index (χ2v) is 26.0. The summed E-state index contributed by atoms with van der Waals surface area (Å²) in [5, 5.41) is 61.4. The molecular weight excluding hydrogens is 1470 g/mol. The van der Waals surface area contributed by atoms with Gasteiger partial charge < -0.3 is 56.5 Å². The summed E-state index contributed by atoms with van der Waals surface area (Å²) in [6.07, 6.45) is 4.93. The fourth-order valence-electron chi connectivity index (χ4n) is 10.8. The van der Waals surface area contributed by atoms with Gasteiger partial charge in [-0.2, -0.15) is 0 Å². The number of halogens is 9. The Labute approximate surface area is 623 Å². The minimum Gasteiger partial charge on any atom is -0.478 e. The third kappa shape index (κ3) is 18.1. The van der Waals surface area contributed by atoms with E-state index < -0.39 is 23.9 Å². The second-order valence-electron chi connectivity index (χ2n) is 22.3. The predicted octanol–water partition coefficient (Wildman–Crippen LogP) is 23.9. The van der Waals surface area contributed by atoms with Crippen molar-refractivity contribution in [2.24, 2.45) is 0 Å². The van der Waals surface area contributed by atoms with Gasteiger partial charge in [-0.05, 0) is 187 Å². The molecule has 0 radical (unpaired) electrons. The van der Waals surface area contributed by atoms with Crippen molar-refractivity contribution in [3.05, 3.63) is 291 Å². The quantitative estimate of drug-likeness (QED) is 0.0432. The standard InChI is InChI=1S/C21H14Cl2N2O2.C19H12Cl3NO2.C18H14Cl2N2O3.C18H16Cl2N2O2/c22-16-10-12(13-5-3-7-18-14(13)8-9-24-18)11-17(23)20(16)25-19-6-2-1-4-15(19)21(26)27;20-13-7-5-11(6-8-13)12-9-15(21)18(16(22)10-12)23-17-4-2-1-3-14(17)19(24)25;1-9-16(10(2)25-22-9)11-7-13(19)17(14(20)8-11)21-15-6-4-3-5-12(15)18(23)24;19-14-9-12(11-5-7-21-8-6-11)10-15(20)17(14)22-16-4-2-1-3-13(16)18(23)24/h1-11,24-25H,(H,26,27);1-10,23H,(H,24,25);3-8,21H,1-2H3,(H,23,24);1-5,9-10,21-22H,6-8H2,(H,23,24). The molecule has 0 saturated heterocycles. The minimum absolute atomic E-state index is 0.129. The molecule has 13 rings (SSSR count). The van der Waals surface area contributed by atoms with Crippen LogP contribution in [0.2, 0.25) is 45.2 Å². The van der Waals surface area contributed by atoms with Gasteiger partial charge in [0.15, 0.2) is 0 Å². The number of rotatable bonds is 16. The van der Waals surface area contributed by atoms with Gasteiger partial charge in [-0.3, -0.25) is 0 Å². The minimum atomic E-state index is -1.04. The number of aromatic amines is 1. The van der Waals surface area contributed by atoms with Gasteiger partial charge in [0.2, 0.25) is 0 Å². The van der Waals surface area contributed by atoms with Crippen LogP contribution in [0.3, 0.4) is 0 Å². The van der Waals surface area contributed by atoms with Gasteiger partial charge in [0.1, 0.15) is 5.76 Å². The molecule has 101 heavy (non-hydrogen) atoms. The number of nitrogens with one attached hydrogen (secondary N) is 6. The maximum absolute atomic E-state index is 11.4. The highest BCUT2D eigenvalue weighted by atomic mass is 35.5. The first-order chi connectivity index (χ1) is 48.4. The second kappa shape index (κ2) is 33.7. The van der Waals surface area contributed by atoms with Gasteiger partial charge in [-0.15, -0.1) is 0 Å².